The molecule has 2 heterocycles. The Morgan fingerprint density at radius 1 is 1.26 bits per heavy atom. The first kappa shape index (κ1) is 17.7. The van der Waals surface area contributed by atoms with Crippen molar-refractivity contribution in [2.24, 2.45) is 11.3 Å². The fourth-order valence-electron chi connectivity index (χ4n) is 4.01. The summed E-state index contributed by atoms with van der Waals surface area (Å²) in [6.45, 7) is 2.69. The molecule has 1 saturated carbocycles. The van der Waals surface area contributed by atoms with Crippen LogP contribution in [-0.4, -0.2) is 34.7 Å². The summed E-state index contributed by atoms with van der Waals surface area (Å²) in [7, 11) is 0. The molecule has 7 nitrogen and oxygen atoms in total. The molecule has 0 radical (unpaired) electrons. The van der Waals surface area contributed by atoms with Crippen LogP contribution < -0.4 is 16.0 Å². The number of piperidine rings is 1. The maximum absolute atomic E-state index is 12.5. The third-order valence-corrected chi connectivity index (χ3v) is 5.65. The van der Waals surface area contributed by atoms with Gasteiger partial charge in [-0.25, -0.2) is 0 Å². The smallest absolute Gasteiger partial charge is 0.246 e. The number of nitrogens with zero attached hydrogens (tertiary/aromatic N) is 2. The molecule has 2 aliphatic rings. The third kappa shape index (κ3) is 4.19. The number of amides is 2. The molecule has 0 bridgehead atoms. The third-order valence-electron chi connectivity index (χ3n) is 5.65. The van der Waals surface area contributed by atoms with Crippen molar-refractivity contribution in [3.63, 3.8) is 0 Å². The molecule has 27 heavy (non-hydrogen) atoms. The van der Waals surface area contributed by atoms with Crippen LogP contribution in [0.2, 0.25) is 0 Å². The van der Waals surface area contributed by atoms with Gasteiger partial charge < -0.3 is 16.0 Å². The second kappa shape index (κ2) is 7.52. The maximum atomic E-state index is 12.5. The molecule has 7 heteroatoms. The highest BCUT2D eigenvalue weighted by molar-refractivity contribution is 5.90. The standard InChI is InChI=1S/C20H25N5O2/c26-18(14-25-10-2-7-23-25)24-16-4-1-3-15(11-16)13-22-19(27)17-12-20(17)5-8-21-9-6-20/h1-4,7,10-11,17,21H,5-6,8-9,12-14H2,(H,22,27)(H,24,26). The summed E-state index contributed by atoms with van der Waals surface area (Å²) in [6.07, 6.45) is 6.61. The number of aromatic nitrogens is 2. The Morgan fingerprint density at radius 2 is 2.11 bits per heavy atom. The normalized spacial score (nSPS) is 20.2. The fraction of sp³-hybridized carbons (Fsp3) is 0.450. The molecule has 1 aromatic heterocycles. The van der Waals surface area contributed by atoms with Gasteiger partial charge in [-0.15, -0.1) is 0 Å². The molecule has 1 aliphatic carbocycles. The topological polar surface area (TPSA) is 88.1 Å². The lowest BCUT2D eigenvalue weighted by Crippen LogP contribution is -2.33. The predicted octanol–water partition coefficient (Wildman–Crippen LogP) is 1.53. The number of hydrogen-bond donors (Lipinski definition) is 3. The Labute approximate surface area is 158 Å². The van der Waals surface area contributed by atoms with Gasteiger partial charge in [-0.3, -0.25) is 14.3 Å². The zero-order valence-corrected chi connectivity index (χ0v) is 15.3. The number of hydrogen-bond acceptors (Lipinski definition) is 4. The molecular formula is C20H25N5O2. The summed E-state index contributed by atoms with van der Waals surface area (Å²) in [4.78, 5) is 24.6. The van der Waals surface area contributed by atoms with Crippen LogP contribution in [-0.2, 0) is 22.7 Å². The highest BCUT2D eigenvalue weighted by Gasteiger charge is 2.57. The van der Waals surface area contributed by atoms with E-state index < -0.39 is 0 Å². The molecule has 1 atom stereocenters. The summed E-state index contributed by atoms with van der Waals surface area (Å²) in [6, 6.07) is 9.36. The van der Waals surface area contributed by atoms with E-state index in [0.29, 0.717) is 6.54 Å². The minimum Gasteiger partial charge on any atom is -0.352 e. The number of benzene rings is 1. The lowest BCUT2D eigenvalue weighted by atomic mass is 9.92. The first-order valence-corrected chi connectivity index (χ1v) is 9.49. The maximum Gasteiger partial charge on any atom is 0.246 e. The van der Waals surface area contributed by atoms with Crippen molar-refractivity contribution in [1.82, 2.24) is 20.4 Å². The van der Waals surface area contributed by atoms with Gasteiger partial charge in [0.15, 0.2) is 0 Å². The molecule has 142 valence electrons. The largest absolute Gasteiger partial charge is 0.352 e. The number of carbonyl (C=O) groups excluding carboxylic acids is 2. The van der Waals surface area contributed by atoms with Gasteiger partial charge in [-0.2, -0.15) is 5.10 Å². The second-order valence-electron chi connectivity index (χ2n) is 7.54. The van der Waals surface area contributed by atoms with Crippen LogP contribution in [0.3, 0.4) is 0 Å². The fourth-order valence-corrected chi connectivity index (χ4v) is 4.01. The van der Waals surface area contributed by atoms with Gasteiger partial charge in [-0.1, -0.05) is 12.1 Å². The highest BCUT2D eigenvalue weighted by Crippen LogP contribution is 2.58. The van der Waals surface area contributed by atoms with Gasteiger partial charge in [0, 0.05) is 30.5 Å². The van der Waals surface area contributed by atoms with Crippen LogP contribution in [0, 0.1) is 11.3 Å². The number of carbonyl (C=O) groups is 2. The molecule has 2 aromatic rings. The summed E-state index contributed by atoms with van der Waals surface area (Å²) >= 11 is 0. The van der Waals surface area contributed by atoms with Crippen molar-refractivity contribution in [2.45, 2.75) is 32.4 Å². The molecule has 1 aliphatic heterocycles. The molecular weight excluding hydrogens is 342 g/mol. The predicted molar refractivity (Wildman–Crippen MR) is 102 cm³/mol. The van der Waals surface area contributed by atoms with E-state index in [1.807, 2.05) is 24.3 Å². The first-order valence-electron chi connectivity index (χ1n) is 9.49. The first-order chi connectivity index (χ1) is 13.1. The van der Waals surface area contributed by atoms with Gasteiger partial charge in [-0.05, 0) is 61.5 Å². The zero-order valence-electron chi connectivity index (χ0n) is 15.3. The van der Waals surface area contributed by atoms with Gasteiger partial charge in [0.25, 0.3) is 0 Å². The SMILES string of the molecule is O=C(Cn1cccn1)Nc1cccc(CNC(=O)C2CC23CCNCC3)c1. The van der Waals surface area contributed by atoms with E-state index >= 15 is 0 Å². The summed E-state index contributed by atoms with van der Waals surface area (Å²) in [5.41, 5.74) is 1.94. The Bertz CT molecular complexity index is 812. The molecule has 1 spiro atoms. The molecule has 2 amide bonds. The monoisotopic (exact) mass is 367 g/mol. The van der Waals surface area contributed by atoms with E-state index in [0.717, 1.165) is 43.6 Å². The lowest BCUT2D eigenvalue weighted by Gasteiger charge is -2.23. The summed E-state index contributed by atoms with van der Waals surface area (Å²) < 4.78 is 1.58. The van der Waals surface area contributed by atoms with Gasteiger partial charge in [0.1, 0.15) is 6.54 Å². The Morgan fingerprint density at radius 3 is 2.89 bits per heavy atom. The molecule has 1 saturated heterocycles. The van der Waals surface area contributed by atoms with E-state index in [4.69, 9.17) is 0 Å². The van der Waals surface area contributed by atoms with Crippen molar-refractivity contribution < 1.29 is 9.59 Å². The van der Waals surface area contributed by atoms with Crippen LogP contribution in [0.15, 0.2) is 42.7 Å². The number of anilines is 1. The van der Waals surface area contributed by atoms with E-state index in [2.05, 4.69) is 21.0 Å². The summed E-state index contributed by atoms with van der Waals surface area (Å²) in [5.74, 6) is 0.187. The molecule has 3 N–H and O–H groups in total. The zero-order chi connectivity index (χ0) is 18.7. The quantitative estimate of drug-likeness (QED) is 0.722. The van der Waals surface area contributed by atoms with Crippen LogP contribution >= 0.6 is 0 Å². The van der Waals surface area contributed by atoms with Crippen LogP contribution in [0.25, 0.3) is 0 Å². The van der Waals surface area contributed by atoms with Crippen molar-refractivity contribution in [1.29, 1.82) is 0 Å². The van der Waals surface area contributed by atoms with Crippen LogP contribution in [0.5, 0.6) is 0 Å². The average Bonchev–Trinajstić information content (AvgIpc) is 3.10. The second-order valence-corrected chi connectivity index (χ2v) is 7.54. The Kier molecular flexibility index (Phi) is 4.94. The molecule has 1 unspecified atom stereocenters. The summed E-state index contributed by atoms with van der Waals surface area (Å²) in [5, 5.41) is 13.3. The van der Waals surface area contributed by atoms with E-state index in [-0.39, 0.29) is 29.7 Å². The Balaban J connectivity index is 1.28. The van der Waals surface area contributed by atoms with Gasteiger partial charge in [0.05, 0.1) is 0 Å². The van der Waals surface area contributed by atoms with E-state index in [1.165, 1.54) is 0 Å². The highest BCUT2D eigenvalue weighted by atomic mass is 16.2. The number of nitrogens with one attached hydrogen (secondary N) is 3. The van der Waals surface area contributed by atoms with E-state index in [9.17, 15) is 9.59 Å². The average molecular weight is 367 g/mol. The number of rotatable bonds is 6. The molecule has 1 aromatic carbocycles. The molecule has 4 rings (SSSR count). The van der Waals surface area contributed by atoms with E-state index in [1.54, 1.807) is 23.1 Å². The minimum atomic E-state index is -0.134. The van der Waals surface area contributed by atoms with Crippen molar-refractivity contribution >= 4 is 17.5 Å². The lowest BCUT2D eigenvalue weighted by molar-refractivity contribution is -0.123. The van der Waals surface area contributed by atoms with Gasteiger partial charge >= 0.3 is 0 Å². The molecule has 2 fully saturated rings. The van der Waals surface area contributed by atoms with Crippen molar-refractivity contribution in [3.05, 3.63) is 48.3 Å². The van der Waals surface area contributed by atoms with Crippen molar-refractivity contribution in [3.8, 4) is 0 Å². The minimum absolute atomic E-state index is 0.134. The van der Waals surface area contributed by atoms with Crippen molar-refractivity contribution in [2.75, 3.05) is 18.4 Å². The van der Waals surface area contributed by atoms with Gasteiger partial charge in [0.2, 0.25) is 11.8 Å². The Hall–Kier alpha value is -2.67. The van der Waals surface area contributed by atoms with Crippen LogP contribution in [0.4, 0.5) is 5.69 Å². The van der Waals surface area contributed by atoms with Crippen LogP contribution in [0.1, 0.15) is 24.8 Å².